The van der Waals surface area contributed by atoms with Crippen LogP contribution in [0.1, 0.15) is 18.4 Å². The lowest BCUT2D eigenvalue weighted by Gasteiger charge is -2.04. The summed E-state index contributed by atoms with van der Waals surface area (Å²) in [5, 5.41) is 9.73. The summed E-state index contributed by atoms with van der Waals surface area (Å²) in [7, 11) is -1.32. The molecule has 0 radical (unpaired) electrons. The number of aliphatic hydroxyl groups excluding tert-OH is 1. The highest BCUT2D eigenvalue weighted by molar-refractivity contribution is 6.83. The van der Waals surface area contributed by atoms with Crippen molar-refractivity contribution >= 4 is 8.07 Å². The maximum absolute atomic E-state index is 9.73. The summed E-state index contributed by atoms with van der Waals surface area (Å²) in [5.74, 6) is 9.09. The molecule has 1 aromatic rings. The van der Waals surface area contributed by atoms with Crippen molar-refractivity contribution in [1.29, 1.82) is 0 Å². The van der Waals surface area contributed by atoms with Gasteiger partial charge in [-0.25, -0.2) is 0 Å². The second-order valence-corrected chi connectivity index (χ2v) is 10.0. The zero-order valence-electron chi connectivity index (χ0n) is 11.3. The molecule has 0 saturated carbocycles. The predicted molar refractivity (Wildman–Crippen MR) is 79.7 cm³/mol. The molecule has 0 aromatic heterocycles. The molecule has 0 bridgehead atoms. The first-order valence-corrected chi connectivity index (χ1v) is 9.69. The van der Waals surface area contributed by atoms with Crippen LogP contribution in [0.3, 0.4) is 0 Å². The van der Waals surface area contributed by atoms with E-state index in [1.54, 1.807) is 0 Å². The van der Waals surface area contributed by atoms with Crippen LogP contribution in [-0.2, 0) is 0 Å². The molecular weight excluding hydrogens is 236 g/mol. The van der Waals surface area contributed by atoms with E-state index in [0.29, 0.717) is 12.8 Å². The molecule has 0 unspecified atom stereocenters. The van der Waals surface area contributed by atoms with Gasteiger partial charge in [-0.1, -0.05) is 49.7 Å². The van der Waals surface area contributed by atoms with Gasteiger partial charge in [-0.2, -0.15) is 0 Å². The van der Waals surface area contributed by atoms with Gasteiger partial charge in [0.15, 0.2) is 0 Å². The smallest absolute Gasteiger partial charge is 0.129 e. The van der Waals surface area contributed by atoms with Crippen LogP contribution >= 0.6 is 0 Å². The molecule has 1 aromatic carbocycles. The van der Waals surface area contributed by atoms with Crippen LogP contribution in [0.5, 0.6) is 0 Å². The van der Waals surface area contributed by atoms with Crippen LogP contribution in [0, 0.1) is 23.3 Å². The Morgan fingerprint density at radius 2 is 1.67 bits per heavy atom. The first-order valence-electron chi connectivity index (χ1n) is 6.19. The van der Waals surface area contributed by atoms with Crippen molar-refractivity contribution in [2.45, 2.75) is 38.6 Å². The van der Waals surface area contributed by atoms with Gasteiger partial charge in [0.2, 0.25) is 0 Å². The molecule has 0 fully saturated rings. The van der Waals surface area contributed by atoms with Crippen molar-refractivity contribution in [2.24, 2.45) is 0 Å². The lowest BCUT2D eigenvalue weighted by molar-refractivity contribution is 0.186. The van der Waals surface area contributed by atoms with E-state index in [2.05, 4.69) is 42.9 Å². The van der Waals surface area contributed by atoms with Crippen LogP contribution in [0.25, 0.3) is 0 Å². The second kappa shape index (κ2) is 7.06. The Balaban J connectivity index is 2.40. The SMILES string of the molecule is C[Si](C)(C)C#CC[C@H](O)CC#Cc1ccccc1. The molecule has 0 saturated heterocycles. The quantitative estimate of drug-likeness (QED) is 0.637. The van der Waals surface area contributed by atoms with E-state index < -0.39 is 14.2 Å². The topological polar surface area (TPSA) is 20.2 Å². The summed E-state index contributed by atoms with van der Waals surface area (Å²) < 4.78 is 0. The zero-order chi connectivity index (χ0) is 13.4. The fourth-order valence-corrected chi connectivity index (χ4v) is 1.93. The fraction of sp³-hybridized carbons (Fsp3) is 0.375. The van der Waals surface area contributed by atoms with E-state index in [1.165, 1.54) is 0 Å². The van der Waals surface area contributed by atoms with Crippen LogP contribution in [0.2, 0.25) is 19.6 Å². The highest BCUT2D eigenvalue weighted by Gasteiger charge is 2.07. The summed E-state index contributed by atoms with van der Waals surface area (Å²) >= 11 is 0. The summed E-state index contributed by atoms with van der Waals surface area (Å²) in [6, 6.07) is 9.81. The van der Waals surface area contributed by atoms with Gasteiger partial charge in [0.05, 0.1) is 6.10 Å². The van der Waals surface area contributed by atoms with Gasteiger partial charge in [-0.05, 0) is 12.1 Å². The summed E-state index contributed by atoms with van der Waals surface area (Å²) in [6.07, 6.45) is 0.563. The average Bonchev–Trinajstić information content (AvgIpc) is 2.28. The standard InChI is InChI=1S/C16H20OSi/c1-18(2,3)14-8-13-16(17)12-7-11-15-9-5-4-6-10-15/h4-6,9-10,16-17H,12-13H2,1-3H3/t16-/m1/s1. The van der Waals surface area contributed by atoms with Crippen molar-refractivity contribution < 1.29 is 5.11 Å². The van der Waals surface area contributed by atoms with E-state index in [1.807, 2.05) is 30.3 Å². The van der Waals surface area contributed by atoms with Crippen LogP contribution in [0.15, 0.2) is 30.3 Å². The summed E-state index contributed by atoms with van der Waals surface area (Å²) in [6.45, 7) is 6.59. The van der Waals surface area contributed by atoms with E-state index in [4.69, 9.17) is 0 Å². The predicted octanol–water partition coefficient (Wildman–Crippen LogP) is 3.06. The summed E-state index contributed by atoms with van der Waals surface area (Å²) in [5.41, 5.74) is 4.23. The zero-order valence-corrected chi connectivity index (χ0v) is 12.3. The molecule has 0 heterocycles. The van der Waals surface area contributed by atoms with Crippen LogP contribution in [-0.4, -0.2) is 19.3 Å². The van der Waals surface area contributed by atoms with Crippen molar-refractivity contribution in [3.05, 3.63) is 35.9 Å². The normalized spacial score (nSPS) is 11.8. The molecule has 18 heavy (non-hydrogen) atoms. The molecular formula is C16H20OSi. The van der Waals surface area contributed by atoms with Gasteiger partial charge in [-0.3, -0.25) is 0 Å². The van der Waals surface area contributed by atoms with E-state index >= 15 is 0 Å². The Labute approximate surface area is 111 Å². The first kappa shape index (κ1) is 14.6. The monoisotopic (exact) mass is 256 g/mol. The van der Waals surface area contributed by atoms with E-state index in [0.717, 1.165) is 5.56 Å². The second-order valence-electron chi connectivity index (χ2n) is 5.28. The van der Waals surface area contributed by atoms with Gasteiger partial charge >= 0.3 is 0 Å². The lowest BCUT2D eigenvalue weighted by Crippen LogP contribution is -2.16. The third-order valence-electron chi connectivity index (χ3n) is 2.15. The maximum atomic E-state index is 9.73. The number of hydrogen-bond acceptors (Lipinski definition) is 1. The molecule has 1 N–H and O–H groups in total. The Bertz CT molecular complexity index is 477. The number of aliphatic hydroxyl groups is 1. The molecule has 0 amide bonds. The van der Waals surface area contributed by atoms with E-state index in [9.17, 15) is 5.11 Å². The molecule has 0 aliphatic heterocycles. The largest absolute Gasteiger partial charge is 0.391 e. The first-order chi connectivity index (χ1) is 8.47. The molecule has 2 heteroatoms. The van der Waals surface area contributed by atoms with Crippen molar-refractivity contribution in [3.63, 3.8) is 0 Å². The van der Waals surface area contributed by atoms with Gasteiger partial charge in [0.25, 0.3) is 0 Å². The molecule has 1 rings (SSSR count). The van der Waals surface area contributed by atoms with Crippen molar-refractivity contribution in [3.8, 4) is 23.3 Å². The summed E-state index contributed by atoms with van der Waals surface area (Å²) in [4.78, 5) is 0. The molecule has 94 valence electrons. The lowest BCUT2D eigenvalue weighted by atomic mass is 10.2. The third-order valence-corrected chi connectivity index (χ3v) is 3.07. The Hall–Kier alpha value is -1.48. The minimum atomic E-state index is -1.32. The highest BCUT2D eigenvalue weighted by Crippen LogP contribution is 2.00. The Kier molecular flexibility index (Phi) is 5.72. The highest BCUT2D eigenvalue weighted by atomic mass is 28.3. The molecule has 0 spiro atoms. The Morgan fingerprint density at radius 3 is 2.28 bits per heavy atom. The number of benzene rings is 1. The number of hydrogen-bond donors (Lipinski definition) is 1. The Morgan fingerprint density at radius 1 is 1.06 bits per heavy atom. The fourth-order valence-electron chi connectivity index (χ4n) is 1.30. The van der Waals surface area contributed by atoms with Crippen LogP contribution in [0.4, 0.5) is 0 Å². The van der Waals surface area contributed by atoms with Gasteiger partial charge < -0.3 is 5.11 Å². The van der Waals surface area contributed by atoms with Crippen molar-refractivity contribution in [2.75, 3.05) is 0 Å². The van der Waals surface area contributed by atoms with Gasteiger partial charge in [0, 0.05) is 18.4 Å². The van der Waals surface area contributed by atoms with Crippen molar-refractivity contribution in [1.82, 2.24) is 0 Å². The van der Waals surface area contributed by atoms with E-state index in [-0.39, 0.29) is 0 Å². The minimum Gasteiger partial charge on any atom is -0.391 e. The third kappa shape index (κ3) is 6.96. The molecule has 1 nitrogen and oxygen atoms in total. The van der Waals surface area contributed by atoms with Crippen LogP contribution < -0.4 is 0 Å². The molecule has 0 aliphatic rings. The van der Waals surface area contributed by atoms with Gasteiger partial charge in [0.1, 0.15) is 8.07 Å². The molecule has 0 aliphatic carbocycles. The minimum absolute atomic E-state index is 0.440. The average molecular weight is 256 g/mol. The number of rotatable bonds is 2. The van der Waals surface area contributed by atoms with Gasteiger partial charge in [-0.15, -0.1) is 11.5 Å². The maximum Gasteiger partial charge on any atom is 0.129 e. The molecule has 1 atom stereocenters.